The van der Waals surface area contributed by atoms with Crippen molar-refractivity contribution in [1.82, 2.24) is 9.88 Å². The largest absolute Gasteiger partial charge is 0.497 e. The van der Waals surface area contributed by atoms with Crippen LogP contribution < -0.4 is 19.1 Å². The van der Waals surface area contributed by atoms with Gasteiger partial charge < -0.3 is 18.9 Å². The van der Waals surface area contributed by atoms with E-state index in [4.69, 9.17) is 14.0 Å². The zero-order valence-electron chi connectivity index (χ0n) is 15.9. The van der Waals surface area contributed by atoms with Gasteiger partial charge in [-0.3, -0.25) is 4.79 Å². The first-order valence-electron chi connectivity index (χ1n) is 8.14. The van der Waals surface area contributed by atoms with Gasteiger partial charge in [-0.2, -0.15) is 0 Å². The first-order chi connectivity index (χ1) is 12.7. The van der Waals surface area contributed by atoms with Gasteiger partial charge in [-0.15, -0.1) is 0 Å². The van der Waals surface area contributed by atoms with Gasteiger partial charge in [-0.05, 0) is 26.0 Å². The van der Waals surface area contributed by atoms with Crippen molar-refractivity contribution in [1.29, 1.82) is 0 Å². The van der Waals surface area contributed by atoms with Crippen molar-refractivity contribution in [2.75, 3.05) is 32.2 Å². The Morgan fingerprint density at radius 3 is 2.48 bits per heavy atom. The van der Waals surface area contributed by atoms with Crippen LogP contribution in [0.5, 0.6) is 11.5 Å². The number of anilines is 1. The van der Waals surface area contributed by atoms with Crippen LogP contribution >= 0.6 is 0 Å². The third-order valence-electron chi connectivity index (χ3n) is 3.92. The lowest BCUT2D eigenvalue weighted by molar-refractivity contribution is -0.116. The molecule has 0 unspecified atom stereocenters. The molecule has 1 aromatic heterocycles. The summed E-state index contributed by atoms with van der Waals surface area (Å²) in [5, 5.41) is 3.65. The quantitative estimate of drug-likeness (QED) is 0.721. The zero-order chi connectivity index (χ0) is 20.2. The van der Waals surface area contributed by atoms with Crippen LogP contribution in [0.1, 0.15) is 18.4 Å². The highest BCUT2D eigenvalue weighted by Crippen LogP contribution is 2.32. The molecule has 2 rings (SSSR count). The van der Waals surface area contributed by atoms with E-state index in [9.17, 15) is 13.2 Å². The summed E-state index contributed by atoms with van der Waals surface area (Å²) in [6.07, 6.45) is 0. The molecule has 148 valence electrons. The molecule has 0 fully saturated rings. The average Bonchev–Trinajstić information content (AvgIpc) is 2.97. The van der Waals surface area contributed by atoms with Gasteiger partial charge in [0.05, 0.1) is 19.9 Å². The zero-order valence-corrected chi connectivity index (χ0v) is 16.7. The number of sulfonamides is 1. The molecule has 9 nitrogen and oxygen atoms in total. The lowest BCUT2D eigenvalue weighted by atomic mass is 10.2. The van der Waals surface area contributed by atoms with Crippen LogP contribution in [0.3, 0.4) is 0 Å². The number of aromatic nitrogens is 1. The molecule has 0 aliphatic rings. The molecule has 1 heterocycles. The van der Waals surface area contributed by atoms with Crippen LogP contribution in [-0.4, -0.2) is 46.8 Å². The maximum atomic E-state index is 12.5. The van der Waals surface area contributed by atoms with Gasteiger partial charge in [0.2, 0.25) is 15.9 Å². The molecule has 0 saturated carbocycles. The van der Waals surface area contributed by atoms with E-state index in [1.807, 2.05) is 0 Å². The van der Waals surface area contributed by atoms with Crippen LogP contribution in [0.2, 0.25) is 0 Å². The second-order valence-corrected chi connectivity index (χ2v) is 7.46. The first-order valence-corrected chi connectivity index (χ1v) is 9.62. The molecule has 1 aromatic carbocycles. The van der Waals surface area contributed by atoms with Gasteiger partial charge in [0.1, 0.15) is 22.1 Å². The normalized spacial score (nSPS) is 11.3. The number of nitrogens with one attached hydrogen (secondary N) is 1. The highest BCUT2D eigenvalue weighted by Gasteiger charge is 2.24. The molecule has 27 heavy (non-hydrogen) atoms. The van der Waals surface area contributed by atoms with Crippen LogP contribution in [-0.2, 0) is 14.8 Å². The molecular weight excluding hydrogens is 374 g/mol. The molecule has 0 radical (unpaired) electrons. The van der Waals surface area contributed by atoms with Crippen molar-refractivity contribution < 1.29 is 27.2 Å². The number of ether oxygens (including phenoxy) is 2. The summed E-state index contributed by atoms with van der Waals surface area (Å²) in [7, 11) is -0.792. The molecule has 1 amide bonds. The second kappa shape index (κ2) is 8.40. The maximum absolute atomic E-state index is 12.5. The van der Waals surface area contributed by atoms with E-state index in [0.717, 1.165) is 0 Å². The third-order valence-corrected chi connectivity index (χ3v) is 5.63. The van der Waals surface area contributed by atoms with Crippen molar-refractivity contribution in [3.63, 3.8) is 0 Å². The smallest absolute Gasteiger partial charge is 0.246 e. The van der Waals surface area contributed by atoms with E-state index in [1.165, 1.54) is 33.0 Å². The van der Waals surface area contributed by atoms with E-state index in [2.05, 4.69) is 9.88 Å². The van der Waals surface area contributed by atoms with Crippen molar-refractivity contribution in [3.8, 4) is 11.5 Å². The Morgan fingerprint density at radius 1 is 1.26 bits per heavy atom. The van der Waals surface area contributed by atoms with Gasteiger partial charge in [0.25, 0.3) is 0 Å². The third kappa shape index (κ3) is 4.58. The summed E-state index contributed by atoms with van der Waals surface area (Å²) in [4.78, 5) is 13.5. The van der Waals surface area contributed by atoms with Crippen molar-refractivity contribution >= 4 is 21.6 Å². The van der Waals surface area contributed by atoms with Crippen LogP contribution in [0.4, 0.5) is 5.69 Å². The molecule has 0 bridgehead atoms. The van der Waals surface area contributed by atoms with E-state index in [-0.39, 0.29) is 35.3 Å². The predicted octanol–water partition coefficient (Wildman–Crippen LogP) is 1.64. The van der Waals surface area contributed by atoms with Crippen LogP contribution in [0, 0.1) is 13.8 Å². The first kappa shape index (κ1) is 20.7. The number of nitrogens with zero attached hydrogens (tertiary/aromatic N) is 2. The van der Waals surface area contributed by atoms with Crippen molar-refractivity contribution in [3.05, 3.63) is 29.7 Å². The number of amides is 1. The molecule has 10 heteroatoms. The summed E-state index contributed by atoms with van der Waals surface area (Å²) in [5.41, 5.74) is 0.794. The number of benzene rings is 1. The van der Waals surface area contributed by atoms with Gasteiger partial charge in [0.15, 0.2) is 5.76 Å². The van der Waals surface area contributed by atoms with E-state index in [0.29, 0.717) is 17.2 Å². The summed E-state index contributed by atoms with van der Waals surface area (Å²) >= 11 is 0. The highest BCUT2D eigenvalue weighted by atomic mass is 32.2. The number of carbonyl (C=O) groups is 1. The van der Waals surface area contributed by atoms with Gasteiger partial charge in [0, 0.05) is 26.1 Å². The minimum atomic E-state index is -3.80. The van der Waals surface area contributed by atoms with Crippen LogP contribution in [0.25, 0.3) is 0 Å². The maximum Gasteiger partial charge on any atom is 0.246 e. The number of hydrogen-bond acceptors (Lipinski definition) is 7. The summed E-state index contributed by atoms with van der Waals surface area (Å²) in [5.74, 6) is 0.978. The van der Waals surface area contributed by atoms with Crippen molar-refractivity contribution in [2.24, 2.45) is 0 Å². The monoisotopic (exact) mass is 397 g/mol. The Morgan fingerprint density at radius 2 is 1.96 bits per heavy atom. The van der Waals surface area contributed by atoms with Gasteiger partial charge in [-0.1, -0.05) is 5.16 Å². The molecule has 0 aliphatic heterocycles. The molecule has 2 aromatic rings. The summed E-state index contributed by atoms with van der Waals surface area (Å²) < 4.78 is 42.8. The minimum absolute atomic E-state index is 0.00115. The molecule has 0 aliphatic carbocycles. The molecule has 0 spiro atoms. The lowest BCUT2D eigenvalue weighted by Gasteiger charge is -2.23. The Bertz CT molecular complexity index is 903. The van der Waals surface area contributed by atoms with E-state index in [1.54, 1.807) is 25.1 Å². The number of aryl methyl sites for hydroxylation is 2. The van der Waals surface area contributed by atoms with Crippen LogP contribution in [0.15, 0.2) is 27.6 Å². The fourth-order valence-electron chi connectivity index (χ4n) is 2.68. The Kier molecular flexibility index (Phi) is 6.45. The van der Waals surface area contributed by atoms with E-state index >= 15 is 0 Å². The standard InChI is InChI=1S/C17H23N3O6S/c1-11-17(12(2)26-19-11)27(22,23)18-8-9-20(13(3)21)15-7-6-14(24-4)10-16(15)25-5/h6-7,10,18H,8-9H2,1-5H3. The number of methoxy groups -OCH3 is 2. The predicted molar refractivity (Wildman–Crippen MR) is 98.7 cm³/mol. The molecular formula is C17H23N3O6S. The van der Waals surface area contributed by atoms with Gasteiger partial charge in [-0.25, -0.2) is 13.1 Å². The van der Waals surface area contributed by atoms with Gasteiger partial charge >= 0.3 is 0 Å². The second-order valence-electron chi connectivity index (χ2n) is 5.76. The number of hydrogen-bond donors (Lipinski definition) is 1. The van der Waals surface area contributed by atoms with Crippen molar-refractivity contribution in [2.45, 2.75) is 25.7 Å². The minimum Gasteiger partial charge on any atom is -0.497 e. The number of rotatable bonds is 8. The number of carbonyl (C=O) groups excluding carboxylic acids is 1. The Balaban J connectivity index is 2.18. The Labute approximate surface area is 158 Å². The lowest BCUT2D eigenvalue weighted by Crippen LogP contribution is -2.38. The average molecular weight is 397 g/mol. The SMILES string of the molecule is COc1ccc(N(CCNS(=O)(=O)c2c(C)noc2C)C(C)=O)c(OC)c1. The highest BCUT2D eigenvalue weighted by molar-refractivity contribution is 7.89. The molecule has 0 saturated heterocycles. The fourth-order valence-corrected chi connectivity index (χ4v) is 4.02. The summed E-state index contributed by atoms with van der Waals surface area (Å²) in [6, 6.07) is 5.03. The topological polar surface area (TPSA) is 111 Å². The summed E-state index contributed by atoms with van der Waals surface area (Å²) in [6.45, 7) is 4.59. The molecule has 1 N–H and O–H groups in total. The molecule has 0 atom stereocenters. The fraction of sp³-hybridized carbons (Fsp3) is 0.412. The van der Waals surface area contributed by atoms with E-state index < -0.39 is 10.0 Å². The Hall–Kier alpha value is -2.59.